The zero-order valence-corrected chi connectivity index (χ0v) is 11.0. The van der Waals surface area contributed by atoms with Gasteiger partial charge in [0, 0.05) is 36.1 Å². The van der Waals surface area contributed by atoms with E-state index in [0.29, 0.717) is 0 Å². The van der Waals surface area contributed by atoms with Crippen molar-refractivity contribution in [3.05, 3.63) is 72.3 Å². The number of pyridine rings is 2. The van der Waals surface area contributed by atoms with Crippen LogP contribution in [0.25, 0.3) is 10.8 Å². The summed E-state index contributed by atoms with van der Waals surface area (Å²) in [6, 6.07) is 14.1. The fourth-order valence-corrected chi connectivity index (χ4v) is 2.43. The van der Waals surface area contributed by atoms with Gasteiger partial charge in [-0.1, -0.05) is 24.3 Å². The topological polar surface area (TPSA) is 63.8 Å². The van der Waals surface area contributed by atoms with E-state index in [1.54, 1.807) is 12.4 Å². The van der Waals surface area contributed by atoms with Gasteiger partial charge in [-0.3, -0.25) is 21.2 Å². The minimum absolute atomic E-state index is 0.0119. The molecule has 0 spiro atoms. The predicted octanol–water partition coefficient (Wildman–Crippen LogP) is 2.38. The van der Waals surface area contributed by atoms with Gasteiger partial charge in [-0.25, -0.2) is 0 Å². The number of aromatic nitrogens is 2. The van der Waals surface area contributed by atoms with Crippen LogP contribution in [0.2, 0.25) is 0 Å². The van der Waals surface area contributed by atoms with Gasteiger partial charge in [-0.05, 0) is 29.1 Å². The fourth-order valence-electron chi connectivity index (χ4n) is 2.43. The average molecular weight is 264 g/mol. The van der Waals surface area contributed by atoms with E-state index in [-0.39, 0.29) is 6.04 Å². The number of nitrogens with one attached hydrogen (secondary N) is 1. The Morgan fingerprint density at radius 2 is 2.00 bits per heavy atom. The third kappa shape index (κ3) is 2.52. The van der Waals surface area contributed by atoms with E-state index in [9.17, 15) is 0 Å². The van der Waals surface area contributed by atoms with Crippen molar-refractivity contribution in [3.63, 3.8) is 0 Å². The van der Waals surface area contributed by atoms with E-state index in [0.717, 1.165) is 23.1 Å². The van der Waals surface area contributed by atoms with Gasteiger partial charge in [0.1, 0.15) is 0 Å². The van der Waals surface area contributed by atoms with Crippen molar-refractivity contribution < 1.29 is 0 Å². The molecule has 0 aliphatic heterocycles. The molecule has 3 N–H and O–H groups in total. The highest BCUT2D eigenvalue weighted by Crippen LogP contribution is 2.25. The summed E-state index contributed by atoms with van der Waals surface area (Å²) in [5.74, 6) is 5.75. The van der Waals surface area contributed by atoms with Crippen molar-refractivity contribution >= 4 is 10.8 Å². The highest BCUT2D eigenvalue weighted by molar-refractivity contribution is 5.85. The van der Waals surface area contributed by atoms with E-state index in [4.69, 9.17) is 5.84 Å². The van der Waals surface area contributed by atoms with E-state index in [1.165, 1.54) is 5.39 Å². The summed E-state index contributed by atoms with van der Waals surface area (Å²) in [4.78, 5) is 8.57. The molecule has 0 bridgehead atoms. The lowest BCUT2D eigenvalue weighted by molar-refractivity contribution is 0.549. The zero-order valence-electron chi connectivity index (χ0n) is 11.0. The van der Waals surface area contributed by atoms with Crippen LogP contribution in [-0.4, -0.2) is 9.97 Å². The Morgan fingerprint density at radius 3 is 2.80 bits per heavy atom. The molecule has 3 aromatic rings. The van der Waals surface area contributed by atoms with E-state index in [1.807, 2.05) is 36.5 Å². The van der Waals surface area contributed by atoms with Crippen LogP contribution in [0.15, 0.2) is 61.1 Å². The van der Waals surface area contributed by atoms with Crippen molar-refractivity contribution in [2.75, 3.05) is 0 Å². The number of hydrogen-bond donors (Lipinski definition) is 2. The number of rotatable bonds is 4. The molecule has 1 atom stereocenters. The predicted molar refractivity (Wildman–Crippen MR) is 79.7 cm³/mol. The van der Waals surface area contributed by atoms with Crippen LogP contribution in [-0.2, 0) is 6.42 Å². The lowest BCUT2D eigenvalue weighted by atomic mass is 9.97. The maximum absolute atomic E-state index is 5.75. The van der Waals surface area contributed by atoms with E-state index < -0.39 is 0 Å². The number of nitrogens with zero attached hydrogens (tertiary/aromatic N) is 2. The van der Waals surface area contributed by atoms with Gasteiger partial charge in [0.15, 0.2) is 0 Å². The van der Waals surface area contributed by atoms with Gasteiger partial charge in [0.2, 0.25) is 0 Å². The van der Waals surface area contributed by atoms with Gasteiger partial charge >= 0.3 is 0 Å². The molecule has 100 valence electrons. The molecule has 2 heterocycles. The largest absolute Gasteiger partial charge is 0.271 e. The summed E-state index contributed by atoms with van der Waals surface area (Å²) in [6.45, 7) is 0. The minimum Gasteiger partial charge on any atom is -0.271 e. The minimum atomic E-state index is 0.0119. The molecule has 2 aromatic heterocycles. The molecule has 0 aliphatic carbocycles. The number of nitrogens with two attached hydrogens (primary N) is 1. The first-order chi connectivity index (χ1) is 9.88. The van der Waals surface area contributed by atoms with Crippen molar-refractivity contribution in [2.45, 2.75) is 12.5 Å². The molecule has 0 saturated heterocycles. The molecule has 20 heavy (non-hydrogen) atoms. The molecular formula is C16H16N4. The summed E-state index contributed by atoms with van der Waals surface area (Å²) in [5, 5.41) is 2.28. The van der Waals surface area contributed by atoms with E-state index >= 15 is 0 Å². The molecule has 0 aliphatic rings. The highest BCUT2D eigenvalue weighted by atomic mass is 15.2. The van der Waals surface area contributed by atoms with Gasteiger partial charge in [-0.15, -0.1) is 0 Å². The first kappa shape index (κ1) is 12.7. The summed E-state index contributed by atoms with van der Waals surface area (Å²) in [7, 11) is 0. The van der Waals surface area contributed by atoms with Gasteiger partial charge < -0.3 is 0 Å². The Labute approximate surface area is 117 Å². The normalized spacial score (nSPS) is 12.4. The molecular weight excluding hydrogens is 248 g/mol. The average Bonchev–Trinajstić information content (AvgIpc) is 2.53. The Morgan fingerprint density at radius 1 is 1.05 bits per heavy atom. The third-order valence-corrected chi connectivity index (χ3v) is 3.43. The van der Waals surface area contributed by atoms with Crippen LogP contribution in [0.3, 0.4) is 0 Å². The maximum atomic E-state index is 5.75. The Hall–Kier alpha value is -2.30. The summed E-state index contributed by atoms with van der Waals surface area (Å²) in [6.07, 6.45) is 6.22. The molecule has 1 unspecified atom stereocenters. The fraction of sp³-hybridized carbons (Fsp3) is 0.125. The lowest BCUT2D eigenvalue weighted by Crippen LogP contribution is -2.30. The standard InChI is InChI=1S/C16H16N4/c17-20-16(10-13-5-1-2-8-19-13)14-6-3-4-12-7-9-18-11-15(12)14/h1-9,11,16,20H,10,17H2. The second-order valence-corrected chi connectivity index (χ2v) is 4.69. The molecule has 3 rings (SSSR count). The number of benzene rings is 1. The molecule has 0 saturated carbocycles. The number of hydrogen-bond acceptors (Lipinski definition) is 4. The summed E-state index contributed by atoms with van der Waals surface area (Å²) in [5.41, 5.74) is 5.04. The van der Waals surface area contributed by atoms with Crippen molar-refractivity contribution in [2.24, 2.45) is 5.84 Å². The van der Waals surface area contributed by atoms with Gasteiger partial charge in [-0.2, -0.15) is 0 Å². The Kier molecular flexibility index (Phi) is 3.67. The first-order valence-electron chi connectivity index (χ1n) is 6.57. The smallest absolute Gasteiger partial charge is 0.0522 e. The Bertz CT molecular complexity index is 692. The molecule has 0 radical (unpaired) electrons. The zero-order chi connectivity index (χ0) is 13.8. The molecule has 4 heteroatoms. The molecule has 4 nitrogen and oxygen atoms in total. The maximum Gasteiger partial charge on any atom is 0.0522 e. The van der Waals surface area contributed by atoms with Crippen molar-refractivity contribution in [3.8, 4) is 0 Å². The van der Waals surface area contributed by atoms with Crippen LogP contribution in [0, 0.1) is 0 Å². The van der Waals surface area contributed by atoms with Crippen LogP contribution in [0.4, 0.5) is 0 Å². The van der Waals surface area contributed by atoms with Gasteiger partial charge in [0.05, 0.1) is 6.04 Å². The summed E-state index contributed by atoms with van der Waals surface area (Å²) < 4.78 is 0. The van der Waals surface area contributed by atoms with E-state index in [2.05, 4.69) is 27.5 Å². The quantitative estimate of drug-likeness (QED) is 0.561. The number of fused-ring (bicyclic) bond motifs is 1. The number of hydrazine groups is 1. The van der Waals surface area contributed by atoms with Crippen LogP contribution >= 0.6 is 0 Å². The van der Waals surface area contributed by atoms with Crippen LogP contribution in [0.1, 0.15) is 17.3 Å². The Balaban J connectivity index is 1.99. The molecule has 1 aromatic carbocycles. The third-order valence-electron chi connectivity index (χ3n) is 3.43. The second-order valence-electron chi connectivity index (χ2n) is 4.69. The monoisotopic (exact) mass is 264 g/mol. The lowest BCUT2D eigenvalue weighted by Gasteiger charge is -2.18. The van der Waals surface area contributed by atoms with Crippen LogP contribution < -0.4 is 11.3 Å². The van der Waals surface area contributed by atoms with Crippen LogP contribution in [0.5, 0.6) is 0 Å². The highest BCUT2D eigenvalue weighted by Gasteiger charge is 2.14. The molecule has 0 amide bonds. The first-order valence-corrected chi connectivity index (χ1v) is 6.57. The second kappa shape index (κ2) is 5.77. The van der Waals surface area contributed by atoms with Crippen molar-refractivity contribution in [1.29, 1.82) is 0 Å². The SMILES string of the molecule is NNC(Cc1ccccn1)c1cccc2ccncc12. The van der Waals surface area contributed by atoms with Crippen molar-refractivity contribution in [1.82, 2.24) is 15.4 Å². The molecule has 0 fully saturated rings. The van der Waals surface area contributed by atoms with Gasteiger partial charge in [0.25, 0.3) is 0 Å². The summed E-state index contributed by atoms with van der Waals surface area (Å²) >= 11 is 0.